The molecule has 0 amide bonds. The molecule has 1 aromatic rings. The van der Waals surface area contributed by atoms with E-state index in [2.05, 4.69) is 9.46 Å². The molecule has 0 aliphatic carbocycles. The minimum atomic E-state index is -3.88. The van der Waals surface area contributed by atoms with Crippen molar-refractivity contribution in [3.63, 3.8) is 0 Å². The van der Waals surface area contributed by atoms with E-state index in [1.54, 1.807) is 0 Å². The van der Waals surface area contributed by atoms with E-state index in [-0.39, 0.29) is 17.1 Å². The summed E-state index contributed by atoms with van der Waals surface area (Å²) in [5, 5.41) is 0. The molecule has 0 aliphatic heterocycles. The molecule has 6 nitrogen and oxygen atoms in total. The summed E-state index contributed by atoms with van der Waals surface area (Å²) in [5.41, 5.74) is 5.80. The van der Waals surface area contributed by atoms with Gasteiger partial charge in [-0.3, -0.25) is 4.79 Å². The summed E-state index contributed by atoms with van der Waals surface area (Å²) in [7, 11) is -2.80. The van der Waals surface area contributed by atoms with Crippen molar-refractivity contribution in [3.8, 4) is 0 Å². The Morgan fingerprint density at radius 2 is 2.15 bits per heavy atom. The molecule has 0 atom stereocenters. The van der Waals surface area contributed by atoms with E-state index in [0.717, 1.165) is 13.2 Å². The number of sulfonamides is 1. The van der Waals surface area contributed by atoms with Gasteiger partial charge in [-0.1, -0.05) is 24.4 Å². The zero-order valence-corrected chi connectivity index (χ0v) is 12.2. The van der Waals surface area contributed by atoms with Crippen LogP contribution in [0.3, 0.4) is 0 Å². The number of nitrogens with one attached hydrogen (secondary N) is 1. The molecule has 0 spiro atoms. The lowest BCUT2D eigenvalue weighted by Crippen LogP contribution is -2.30. The summed E-state index contributed by atoms with van der Waals surface area (Å²) in [4.78, 5) is 10.9. The van der Waals surface area contributed by atoms with E-state index >= 15 is 0 Å². The second-order valence-corrected chi connectivity index (χ2v) is 6.07. The Balaban J connectivity index is 2.75. The Morgan fingerprint density at radius 1 is 1.50 bits per heavy atom. The fourth-order valence-corrected chi connectivity index (χ4v) is 2.33. The molecule has 0 radical (unpaired) electrons. The van der Waals surface area contributed by atoms with Gasteiger partial charge in [-0.2, -0.15) is 0 Å². The van der Waals surface area contributed by atoms with E-state index in [1.807, 2.05) is 0 Å². The van der Waals surface area contributed by atoms with Gasteiger partial charge in [0, 0.05) is 17.7 Å². The van der Waals surface area contributed by atoms with Crippen molar-refractivity contribution >= 4 is 33.2 Å². The number of hydrogen-bond acceptors (Lipinski definition) is 5. The molecule has 0 saturated carbocycles. The number of nitrogens with two attached hydrogens (primary N) is 1. The van der Waals surface area contributed by atoms with Gasteiger partial charge in [0.1, 0.15) is 10.8 Å². The highest BCUT2D eigenvalue weighted by Crippen LogP contribution is 2.11. The second kappa shape index (κ2) is 6.73. The number of esters is 1. The zero-order valence-electron chi connectivity index (χ0n) is 10.6. The molecule has 0 unspecified atom stereocenters. The van der Waals surface area contributed by atoms with E-state index < -0.39 is 27.6 Å². The quantitative estimate of drug-likeness (QED) is 0.568. The smallest absolute Gasteiger partial charge is 0.322 e. The summed E-state index contributed by atoms with van der Waals surface area (Å²) >= 11 is 4.70. The number of carbonyl (C=O) groups excluding carboxylic acids is 1. The first kappa shape index (κ1) is 16.5. The van der Waals surface area contributed by atoms with Crippen LogP contribution in [0.5, 0.6) is 0 Å². The van der Waals surface area contributed by atoms with Crippen molar-refractivity contribution in [2.24, 2.45) is 5.73 Å². The first-order valence-corrected chi connectivity index (χ1v) is 7.43. The van der Waals surface area contributed by atoms with Crippen molar-refractivity contribution in [1.82, 2.24) is 4.72 Å². The second-order valence-electron chi connectivity index (χ2n) is 3.83. The van der Waals surface area contributed by atoms with Gasteiger partial charge in [0.15, 0.2) is 5.75 Å². The number of rotatable bonds is 6. The van der Waals surface area contributed by atoms with Crippen LogP contribution in [0.1, 0.15) is 11.1 Å². The van der Waals surface area contributed by atoms with Crippen LogP contribution < -0.4 is 10.5 Å². The van der Waals surface area contributed by atoms with E-state index in [4.69, 9.17) is 18.0 Å². The predicted octanol–water partition coefficient (Wildman–Crippen LogP) is 0.0523. The summed E-state index contributed by atoms with van der Waals surface area (Å²) in [5.74, 6) is -2.37. The van der Waals surface area contributed by atoms with Gasteiger partial charge in [0.2, 0.25) is 10.0 Å². The Hall–Kier alpha value is -1.58. The molecule has 0 aromatic heterocycles. The van der Waals surface area contributed by atoms with Crippen LogP contribution in [-0.4, -0.2) is 32.2 Å². The lowest BCUT2D eigenvalue weighted by Gasteiger charge is -2.08. The first-order chi connectivity index (χ1) is 9.25. The number of hydrogen-bond donors (Lipinski definition) is 2. The maximum absolute atomic E-state index is 13.7. The summed E-state index contributed by atoms with van der Waals surface area (Å²) in [6.45, 7) is -0.289. The van der Waals surface area contributed by atoms with Gasteiger partial charge in [-0.25, -0.2) is 17.5 Å². The van der Waals surface area contributed by atoms with Gasteiger partial charge in [0.05, 0.1) is 7.11 Å². The molecule has 0 saturated heterocycles. The van der Waals surface area contributed by atoms with E-state index in [9.17, 15) is 17.6 Å². The molecular weight excluding hydrogens is 307 g/mol. The van der Waals surface area contributed by atoms with Crippen LogP contribution in [-0.2, 0) is 26.1 Å². The lowest BCUT2D eigenvalue weighted by molar-refractivity contribution is -0.137. The lowest BCUT2D eigenvalue weighted by atomic mass is 10.1. The maximum Gasteiger partial charge on any atom is 0.322 e. The normalized spacial score (nSPS) is 11.1. The van der Waals surface area contributed by atoms with Crippen molar-refractivity contribution in [2.45, 2.75) is 6.54 Å². The van der Waals surface area contributed by atoms with Crippen LogP contribution in [0.25, 0.3) is 0 Å². The number of thiocarbonyl (C=S) groups is 1. The van der Waals surface area contributed by atoms with E-state index in [0.29, 0.717) is 5.56 Å². The van der Waals surface area contributed by atoms with Gasteiger partial charge in [-0.05, 0) is 6.07 Å². The fourth-order valence-electron chi connectivity index (χ4n) is 1.30. The van der Waals surface area contributed by atoms with Gasteiger partial charge in [-0.15, -0.1) is 0 Å². The summed E-state index contributed by atoms with van der Waals surface area (Å²) in [6, 6.07) is 3.96. The Labute approximate surface area is 121 Å². The number of ether oxygens (including phenoxy) is 1. The average Bonchev–Trinajstić information content (AvgIpc) is 2.36. The highest BCUT2D eigenvalue weighted by molar-refractivity contribution is 7.90. The van der Waals surface area contributed by atoms with Crippen molar-refractivity contribution in [1.29, 1.82) is 0 Å². The van der Waals surface area contributed by atoms with Gasteiger partial charge < -0.3 is 10.5 Å². The van der Waals surface area contributed by atoms with Crippen LogP contribution >= 0.6 is 12.2 Å². The van der Waals surface area contributed by atoms with Gasteiger partial charge in [0.25, 0.3) is 0 Å². The summed E-state index contributed by atoms with van der Waals surface area (Å²) in [6.07, 6.45) is 0. The molecule has 20 heavy (non-hydrogen) atoms. The Morgan fingerprint density at radius 3 is 2.65 bits per heavy atom. The monoisotopic (exact) mass is 320 g/mol. The Kier molecular flexibility index (Phi) is 5.54. The third kappa shape index (κ3) is 4.83. The highest BCUT2D eigenvalue weighted by atomic mass is 32.2. The van der Waals surface area contributed by atoms with Crippen molar-refractivity contribution in [2.75, 3.05) is 12.9 Å². The first-order valence-electron chi connectivity index (χ1n) is 5.37. The zero-order chi connectivity index (χ0) is 15.3. The molecule has 110 valence electrons. The topological polar surface area (TPSA) is 98.5 Å². The molecule has 1 aromatic carbocycles. The molecule has 9 heteroatoms. The van der Waals surface area contributed by atoms with Crippen molar-refractivity contribution in [3.05, 3.63) is 35.1 Å². The third-order valence-electron chi connectivity index (χ3n) is 2.36. The minimum Gasteiger partial charge on any atom is -0.468 e. The minimum absolute atomic E-state index is 0.0433. The number of methoxy groups -OCH3 is 1. The number of benzene rings is 1. The summed E-state index contributed by atoms with van der Waals surface area (Å²) < 4.78 is 43.0. The molecule has 0 fully saturated rings. The average molecular weight is 320 g/mol. The molecule has 0 aliphatic rings. The van der Waals surface area contributed by atoms with E-state index in [1.165, 1.54) is 12.1 Å². The van der Waals surface area contributed by atoms with Crippen LogP contribution in [0.2, 0.25) is 0 Å². The fraction of sp³-hybridized carbons (Fsp3) is 0.273. The largest absolute Gasteiger partial charge is 0.468 e. The molecular formula is C11H13FN2O4S2. The molecule has 0 heterocycles. The standard InChI is InChI=1S/C11H13FN2O4S2/c1-18-10(15)6-20(16,17)14-5-8-3-2-7(11(13)19)4-9(8)12/h2-4,14H,5-6H2,1H3,(H2,13,19). The third-order valence-corrected chi connectivity index (χ3v) is 3.79. The molecule has 0 bridgehead atoms. The van der Waals surface area contributed by atoms with Crippen LogP contribution in [0.4, 0.5) is 4.39 Å². The highest BCUT2D eigenvalue weighted by Gasteiger charge is 2.17. The Bertz CT molecular complexity index is 631. The SMILES string of the molecule is COC(=O)CS(=O)(=O)NCc1ccc(C(N)=S)cc1F. The number of halogens is 1. The van der Waals surface area contributed by atoms with Crippen molar-refractivity contribution < 1.29 is 22.3 Å². The maximum atomic E-state index is 13.7. The van der Waals surface area contributed by atoms with Crippen LogP contribution in [0, 0.1) is 5.82 Å². The predicted molar refractivity (Wildman–Crippen MR) is 74.9 cm³/mol. The number of carbonyl (C=O) groups is 1. The van der Waals surface area contributed by atoms with Crippen LogP contribution in [0.15, 0.2) is 18.2 Å². The molecule has 3 N–H and O–H groups in total. The molecule has 1 rings (SSSR count). The van der Waals surface area contributed by atoms with Gasteiger partial charge >= 0.3 is 5.97 Å².